The zero-order valence-corrected chi connectivity index (χ0v) is 9.87. The highest BCUT2D eigenvalue weighted by atomic mass is 16.5. The van der Waals surface area contributed by atoms with E-state index in [9.17, 15) is 4.79 Å². The molecule has 1 heterocycles. The summed E-state index contributed by atoms with van der Waals surface area (Å²) in [4.78, 5) is 15.7. The minimum absolute atomic E-state index is 0.140. The van der Waals surface area contributed by atoms with Crippen LogP contribution >= 0.6 is 0 Å². The third-order valence-corrected chi connectivity index (χ3v) is 2.96. The Morgan fingerprint density at radius 1 is 1.40 bits per heavy atom. The lowest BCUT2D eigenvalue weighted by Gasteiger charge is -2.22. The fourth-order valence-electron chi connectivity index (χ4n) is 1.89. The third-order valence-electron chi connectivity index (χ3n) is 2.96. The second kappa shape index (κ2) is 6.80. The maximum Gasteiger partial charge on any atom is 0.319 e. The summed E-state index contributed by atoms with van der Waals surface area (Å²) in [6.07, 6.45) is 2.65. The van der Waals surface area contributed by atoms with Crippen molar-refractivity contribution in [2.24, 2.45) is 0 Å². The summed E-state index contributed by atoms with van der Waals surface area (Å²) in [5, 5.41) is 0. The van der Waals surface area contributed by atoms with Gasteiger partial charge in [0.05, 0.1) is 13.7 Å². The summed E-state index contributed by atoms with van der Waals surface area (Å²) in [6.45, 7) is 7.87. The number of likely N-dealkylation sites (tertiary alicyclic amines) is 1. The fourth-order valence-corrected chi connectivity index (χ4v) is 1.89. The number of rotatable bonds is 6. The molecular weight excluding hydrogens is 192 g/mol. The van der Waals surface area contributed by atoms with Gasteiger partial charge in [-0.25, -0.2) is 0 Å². The van der Waals surface area contributed by atoms with Crippen LogP contribution in [-0.4, -0.2) is 62.1 Å². The minimum atomic E-state index is -0.140. The molecule has 0 spiro atoms. The highest BCUT2D eigenvalue weighted by Crippen LogP contribution is 2.06. The van der Waals surface area contributed by atoms with Gasteiger partial charge in [0.1, 0.15) is 0 Å². The Morgan fingerprint density at radius 3 is 2.60 bits per heavy atom. The van der Waals surface area contributed by atoms with Crippen LogP contribution in [0.3, 0.4) is 0 Å². The first kappa shape index (κ1) is 12.5. The number of hydrogen-bond donors (Lipinski definition) is 0. The molecule has 1 fully saturated rings. The number of likely N-dealkylation sites (N-methyl/N-ethyl adjacent to an activating group) is 1. The summed E-state index contributed by atoms with van der Waals surface area (Å²) in [5.41, 5.74) is 0. The van der Waals surface area contributed by atoms with E-state index in [2.05, 4.69) is 21.5 Å². The number of methoxy groups -OCH3 is 1. The summed E-state index contributed by atoms with van der Waals surface area (Å²) >= 11 is 0. The summed E-state index contributed by atoms with van der Waals surface area (Å²) < 4.78 is 4.66. The number of ether oxygens (including phenoxy) is 1. The standard InChI is InChI=1S/C11H22N2O2/c1-3-12(10-11(14)15-2)8-9-13-6-4-5-7-13/h3-10H2,1-2H3. The number of carbonyl (C=O) groups excluding carboxylic acids is 1. The molecule has 88 valence electrons. The van der Waals surface area contributed by atoms with Crippen LogP contribution < -0.4 is 0 Å². The number of esters is 1. The van der Waals surface area contributed by atoms with Gasteiger partial charge in [0, 0.05) is 13.1 Å². The lowest BCUT2D eigenvalue weighted by Crippen LogP contribution is -2.37. The second-order valence-electron chi connectivity index (χ2n) is 3.99. The van der Waals surface area contributed by atoms with Crippen LogP contribution in [0.5, 0.6) is 0 Å². The van der Waals surface area contributed by atoms with Crippen molar-refractivity contribution >= 4 is 5.97 Å². The normalized spacial score (nSPS) is 17.3. The van der Waals surface area contributed by atoms with Crippen LogP contribution in [-0.2, 0) is 9.53 Å². The van der Waals surface area contributed by atoms with E-state index in [1.165, 1.54) is 33.0 Å². The molecular formula is C11H22N2O2. The average molecular weight is 214 g/mol. The van der Waals surface area contributed by atoms with E-state index in [0.29, 0.717) is 6.54 Å². The van der Waals surface area contributed by atoms with Crippen LogP contribution in [0.4, 0.5) is 0 Å². The van der Waals surface area contributed by atoms with Gasteiger partial charge in [-0.2, -0.15) is 0 Å². The van der Waals surface area contributed by atoms with Crippen LogP contribution in [0.2, 0.25) is 0 Å². The molecule has 1 aliphatic rings. The van der Waals surface area contributed by atoms with E-state index in [1.54, 1.807) is 0 Å². The maximum absolute atomic E-state index is 11.1. The van der Waals surface area contributed by atoms with Gasteiger partial charge >= 0.3 is 5.97 Å². The predicted molar refractivity (Wildman–Crippen MR) is 59.8 cm³/mol. The Bertz CT molecular complexity index is 191. The fraction of sp³-hybridized carbons (Fsp3) is 0.909. The largest absolute Gasteiger partial charge is 0.468 e. The molecule has 1 aliphatic heterocycles. The van der Waals surface area contributed by atoms with E-state index in [-0.39, 0.29) is 5.97 Å². The zero-order chi connectivity index (χ0) is 11.1. The second-order valence-corrected chi connectivity index (χ2v) is 3.99. The number of nitrogens with zero attached hydrogens (tertiary/aromatic N) is 2. The molecule has 0 saturated carbocycles. The summed E-state index contributed by atoms with van der Waals surface area (Å²) in [6, 6.07) is 0. The van der Waals surface area contributed by atoms with Crippen LogP contribution in [0.15, 0.2) is 0 Å². The molecule has 0 amide bonds. The van der Waals surface area contributed by atoms with Gasteiger partial charge < -0.3 is 9.64 Å². The molecule has 0 aromatic heterocycles. The summed E-state index contributed by atoms with van der Waals surface area (Å²) in [5.74, 6) is -0.140. The van der Waals surface area contributed by atoms with Crippen LogP contribution in [0.1, 0.15) is 19.8 Å². The first-order valence-corrected chi connectivity index (χ1v) is 5.77. The first-order valence-electron chi connectivity index (χ1n) is 5.77. The molecule has 0 atom stereocenters. The van der Waals surface area contributed by atoms with Crippen molar-refractivity contribution in [2.45, 2.75) is 19.8 Å². The van der Waals surface area contributed by atoms with Gasteiger partial charge in [-0.15, -0.1) is 0 Å². The van der Waals surface area contributed by atoms with Gasteiger partial charge in [0.2, 0.25) is 0 Å². The Kier molecular flexibility index (Phi) is 5.65. The van der Waals surface area contributed by atoms with Crippen molar-refractivity contribution in [3.05, 3.63) is 0 Å². The smallest absolute Gasteiger partial charge is 0.319 e. The lowest BCUT2D eigenvalue weighted by atomic mass is 10.4. The molecule has 15 heavy (non-hydrogen) atoms. The van der Waals surface area contributed by atoms with Gasteiger partial charge in [-0.05, 0) is 32.5 Å². The molecule has 0 aromatic carbocycles. The van der Waals surface area contributed by atoms with Crippen LogP contribution in [0.25, 0.3) is 0 Å². The van der Waals surface area contributed by atoms with Crippen molar-refractivity contribution in [1.82, 2.24) is 9.80 Å². The van der Waals surface area contributed by atoms with E-state index in [0.717, 1.165) is 19.6 Å². The van der Waals surface area contributed by atoms with Crippen molar-refractivity contribution in [3.63, 3.8) is 0 Å². The van der Waals surface area contributed by atoms with Crippen molar-refractivity contribution in [3.8, 4) is 0 Å². The van der Waals surface area contributed by atoms with E-state index in [1.807, 2.05) is 0 Å². The molecule has 0 radical (unpaired) electrons. The van der Waals surface area contributed by atoms with Crippen molar-refractivity contribution in [2.75, 3.05) is 46.4 Å². The maximum atomic E-state index is 11.1. The van der Waals surface area contributed by atoms with Crippen molar-refractivity contribution < 1.29 is 9.53 Å². The topological polar surface area (TPSA) is 32.8 Å². The van der Waals surface area contributed by atoms with Gasteiger partial charge in [0.25, 0.3) is 0 Å². The van der Waals surface area contributed by atoms with Crippen molar-refractivity contribution in [1.29, 1.82) is 0 Å². The van der Waals surface area contributed by atoms with Gasteiger partial charge in [0.15, 0.2) is 0 Å². The number of carbonyl (C=O) groups is 1. The van der Waals surface area contributed by atoms with E-state index in [4.69, 9.17) is 0 Å². The third kappa shape index (κ3) is 4.62. The predicted octanol–water partition coefficient (Wildman–Crippen LogP) is 0.577. The average Bonchev–Trinajstić information content (AvgIpc) is 2.76. The van der Waals surface area contributed by atoms with Crippen LogP contribution in [0, 0.1) is 0 Å². The Labute approximate surface area is 92.2 Å². The SMILES string of the molecule is CCN(CCN1CCCC1)CC(=O)OC. The molecule has 1 saturated heterocycles. The minimum Gasteiger partial charge on any atom is -0.468 e. The molecule has 0 N–H and O–H groups in total. The highest BCUT2D eigenvalue weighted by Gasteiger charge is 2.14. The Hall–Kier alpha value is -0.610. The van der Waals surface area contributed by atoms with Gasteiger partial charge in [-0.3, -0.25) is 9.69 Å². The molecule has 0 aliphatic carbocycles. The first-order chi connectivity index (χ1) is 7.26. The molecule has 4 nitrogen and oxygen atoms in total. The molecule has 0 unspecified atom stereocenters. The zero-order valence-electron chi connectivity index (χ0n) is 9.87. The highest BCUT2D eigenvalue weighted by molar-refractivity contribution is 5.71. The van der Waals surface area contributed by atoms with Gasteiger partial charge in [-0.1, -0.05) is 6.92 Å². The lowest BCUT2D eigenvalue weighted by molar-refractivity contribution is -0.141. The Morgan fingerprint density at radius 2 is 2.07 bits per heavy atom. The molecule has 1 rings (SSSR count). The Balaban J connectivity index is 2.17. The quantitative estimate of drug-likeness (QED) is 0.605. The van der Waals surface area contributed by atoms with E-state index >= 15 is 0 Å². The molecule has 4 heteroatoms. The molecule has 0 aromatic rings. The summed E-state index contributed by atoms with van der Waals surface area (Å²) in [7, 11) is 1.44. The monoisotopic (exact) mass is 214 g/mol. The van der Waals surface area contributed by atoms with E-state index < -0.39 is 0 Å². The number of hydrogen-bond acceptors (Lipinski definition) is 4. The molecule has 0 bridgehead atoms.